The maximum absolute atomic E-state index is 15.2. The lowest BCUT2D eigenvalue weighted by molar-refractivity contribution is 0.201. The van der Waals surface area contributed by atoms with E-state index in [1.807, 2.05) is 0 Å². The molecule has 2 heterocycles. The molecule has 7 nitrogen and oxygen atoms in total. The highest BCUT2D eigenvalue weighted by atomic mass is 19.1. The second-order valence-corrected chi connectivity index (χ2v) is 9.01. The third-order valence-electron chi connectivity index (χ3n) is 6.36. The summed E-state index contributed by atoms with van der Waals surface area (Å²) < 4.78 is 41.2. The zero-order chi connectivity index (χ0) is 25.8. The largest absolute Gasteiger partial charge is 0.491 e. The van der Waals surface area contributed by atoms with E-state index in [0.29, 0.717) is 28.9 Å². The number of aliphatic hydroxyl groups excluding tert-OH is 1. The molecule has 0 radical (unpaired) electrons. The van der Waals surface area contributed by atoms with Crippen LogP contribution >= 0.6 is 0 Å². The van der Waals surface area contributed by atoms with Crippen LogP contribution in [0.4, 0.5) is 8.78 Å². The quantitative estimate of drug-likeness (QED) is 0.365. The molecule has 0 bridgehead atoms. The highest BCUT2D eigenvalue weighted by Crippen LogP contribution is 2.29. The van der Waals surface area contributed by atoms with E-state index in [4.69, 9.17) is 19.6 Å². The molecule has 0 saturated carbocycles. The first-order valence-electron chi connectivity index (χ1n) is 12.2. The molecule has 2 N–H and O–H groups in total. The van der Waals surface area contributed by atoms with Gasteiger partial charge in [0.25, 0.3) is 5.56 Å². The third-order valence-corrected chi connectivity index (χ3v) is 6.36. The van der Waals surface area contributed by atoms with Gasteiger partial charge in [-0.3, -0.25) is 9.36 Å². The Labute approximate surface area is 212 Å². The second-order valence-electron chi connectivity index (χ2n) is 9.01. The van der Waals surface area contributed by atoms with Crippen LogP contribution in [0.2, 0.25) is 0 Å². The molecule has 1 fully saturated rings. The van der Waals surface area contributed by atoms with Crippen molar-refractivity contribution in [2.75, 3.05) is 26.3 Å². The molecule has 5 rings (SSSR count). The van der Waals surface area contributed by atoms with Crippen LogP contribution in [-0.4, -0.2) is 41.0 Å². The Morgan fingerprint density at radius 3 is 2.54 bits per heavy atom. The number of fused-ring (bicyclic) bond motifs is 1. The summed E-state index contributed by atoms with van der Waals surface area (Å²) in [6.07, 6.45) is 1.94. The lowest BCUT2D eigenvalue weighted by Gasteiger charge is -2.25. The van der Waals surface area contributed by atoms with Crippen molar-refractivity contribution >= 4 is 10.9 Å². The standard InChI is InChI=1S/C28H27F2N3O4/c29-19-3-5-20(6-4-19)37-22-8-10-26-24(14-22)28(35)33(17-18-2-1-11-31-16-18)27(32-26)23-9-7-21(15-25(23)30)36-13-12-34/h3-10,14-15,18,31,34H,1-2,11-13,16-17H2. The minimum absolute atomic E-state index is 0.0503. The number of nitrogens with one attached hydrogen (secondary N) is 1. The van der Waals surface area contributed by atoms with Crippen molar-refractivity contribution in [2.45, 2.75) is 19.4 Å². The van der Waals surface area contributed by atoms with Crippen LogP contribution in [0.15, 0.2) is 65.5 Å². The van der Waals surface area contributed by atoms with Crippen LogP contribution in [0.1, 0.15) is 12.8 Å². The lowest BCUT2D eigenvalue weighted by Crippen LogP contribution is -2.35. The van der Waals surface area contributed by atoms with Gasteiger partial charge in [0, 0.05) is 12.6 Å². The van der Waals surface area contributed by atoms with E-state index in [9.17, 15) is 9.18 Å². The van der Waals surface area contributed by atoms with Gasteiger partial charge >= 0.3 is 0 Å². The van der Waals surface area contributed by atoms with Crippen molar-refractivity contribution in [1.82, 2.24) is 14.9 Å². The number of rotatable bonds is 8. The molecule has 3 aromatic carbocycles. The van der Waals surface area contributed by atoms with Crippen molar-refractivity contribution in [3.05, 3.63) is 82.7 Å². The molecular formula is C28H27F2N3O4. The summed E-state index contributed by atoms with van der Waals surface area (Å²) in [5, 5.41) is 12.7. The van der Waals surface area contributed by atoms with Crippen molar-refractivity contribution < 1.29 is 23.4 Å². The van der Waals surface area contributed by atoms with Gasteiger partial charge < -0.3 is 19.9 Å². The van der Waals surface area contributed by atoms with Crippen LogP contribution in [-0.2, 0) is 6.54 Å². The van der Waals surface area contributed by atoms with Gasteiger partial charge in [-0.2, -0.15) is 0 Å². The van der Waals surface area contributed by atoms with Crippen molar-refractivity contribution in [1.29, 1.82) is 0 Å². The van der Waals surface area contributed by atoms with Crippen molar-refractivity contribution in [3.8, 4) is 28.6 Å². The van der Waals surface area contributed by atoms with Gasteiger partial charge in [0.15, 0.2) is 0 Å². The van der Waals surface area contributed by atoms with E-state index in [1.165, 1.54) is 41.0 Å². The summed E-state index contributed by atoms with van der Waals surface area (Å²) in [5.41, 5.74) is 0.297. The van der Waals surface area contributed by atoms with Crippen LogP contribution in [0, 0.1) is 17.6 Å². The van der Waals surface area contributed by atoms with Gasteiger partial charge in [0.05, 0.1) is 23.1 Å². The average Bonchev–Trinajstić information content (AvgIpc) is 2.91. The molecule has 0 amide bonds. The molecule has 192 valence electrons. The van der Waals surface area contributed by atoms with Crippen LogP contribution in [0.25, 0.3) is 22.3 Å². The Morgan fingerprint density at radius 2 is 1.81 bits per heavy atom. The maximum atomic E-state index is 15.2. The molecule has 9 heteroatoms. The Bertz CT molecular complexity index is 1450. The molecular weight excluding hydrogens is 480 g/mol. The normalized spacial score (nSPS) is 15.6. The van der Waals surface area contributed by atoms with Gasteiger partial charge in [-0.15, -0.1) is 0 Å². The van der Waals surface area contributed by atoms with E-state index < -0.39 is 5.82 Å². The summed E-state index contributed by atoms with van der Waals surface area (Å²) in [6, 6.07) is 14.9. The van der Waals surface area contributed by atoms with E-state index in [-0.39, 0.29) is 47.6 Å². The van der Waals surface area contributed by atoms with Crippen LogP contribution < -0.4 is 20.3 Å². The fourth-order valence-corrected chi connectivity index (χ4v) is 4.55. The first-order valence-corrected chi connectivity index (χ1v) is 12.2. The molecule has 1 atom stereocenters. The van der Waals surface area contributed by atoms with Crippen molar-refractivity contribution in [2.24, 2.45) is 5.92 Å². The zero-order valence-electron chi connectivity index (χ0n) is 20.1. The van der Waals surface area contributed by atoms with E-state index >= 15 is 4.39 Å². The monoisotopic (exact) mass is 507 g/mol. The predicted molar refractivity (Wildman–Crippen MR) is 136 cm³/mol. The smallest absolute Gasteiger partial charge is 0.261 e. The Kier molecular flexibility index (Phi) is 7.43. The van der Waals surface area contributed by atoms with Crippen LogP contribution in [0.5, 0.6) is 17.2 Å². The Balaban J connectivity index is 1.58. The number of piperidine rings is 1. The number of aromatic nitrogens is 2. The van der Waals surface area contributed by atoms with E-state index in [2.05, 4.69) is 5.32 Å². The highest BCUT2D eigenvalue weighted by molar-refractivity contribution is 5.81. The molecule has 1 aliphatic rings. The summed E-state index contributed by atoms with van der Waals surface area (Å²) in [7, 11) is 0. The van der Waals surface area contributed by atoms with E-state index in [0.717, 1.165) is 25.9 Å². The number of hydrogen-bond acceptors (Lipinski definition) is 6. The minimum Gasteiger partial charge on any atom is -0.491 e. The van der Waals surface area contributed by atoms with Gasteiger partial charge in [0.2, 0.25) is 0 Å². The molecule has 0 spiro atoms. The predicted octanol–water partition coefficient (Wildman–Crippen LogP) is 4.50. The molecule has 1 aromatic heterocycles. The number of benzene rings is 3. The number of nitrogens with zero attached hydrogens (tertiary/aromatic N) is 2. The van der Waals surface area contributed by atoms with Gasteiger partial charge in [-0.25, -0.2) is 13.8 Å². The number of halogens is 2. The number of hydrogen-bond donors (Lipinski definition) is 2. The molecule has 37 heavy (non-hydrogen) atoms. The second kappa shape index (κ2) is 11.1. The fourth-order valence-electron chi connectivity index (χ4n) is 4.55. The first kappa shape index (κ1) is 24.9. The van der Waals surface area contributed by atoms with Crippen LogP contribution in [0.3, 0.4) is 0 Å². The van der Waals surface area contributed by atoms with Gasteiger partial charge in [-0.1, -0.05) is 0 Å². The maximum Gasteiger partial charge on any atom is 0.261 e. The van der Waals surface area contributed by atoms with E-state index in [1.54, 1.807) is 24.3 Å². The topological polar surface area (TPSA) is 85.6 Å². The summed E-state index contributed by atoms with van der Waals surface area (Å²) in [4.78, 5) is 18.5. The average molecular weight is 508 g/mol. The summed E-state index contributed by atoms with van der Waals surface area (Å²) in [6.45, 7) is 1.94. The third kappa shape index (κ3) is 5.63. The van der Waals surface area contributed by atoms with Gasteiger partial charge in [0.1, 0.15) is 41.3 Å². The Hall–Kier alpha value is -3.82. The minimum atomic E-state index is -0.575. The highest BCUT2D eigenvalue weighted by Gasteiger charge is 2.21. The SMILES string of the molecule is O=c1c2cc(Oc3ccc(F)cc3)ccc2nc(-c2ccc(OCCO)cc2F)n1CC1CCCNC1. The number of ether oxygens (including phenoxy) is 2. The summed E-state index contributed by atoms with van der Waals surface area (Å²) in [5.74, 6) is 0.609. The molecule has 1 saturated heterocycles. The molecule has 1 aliphatic heterocycles. The lowest BCUT2D eigenvalue weighted by atomic mass is 9.99. The number of aliphatic hydroxyl groups is 1. The van der Waals surface area contributed by atoms with Gasteiger partial charge in [-0.05, 0) is 86.4 Å². The Morgan fingerprint density at radius 1 is 1.03 bits per heavy atom. The zero-order valence-corrected chi connectivity index (χ0v) is 20.1. The first-order chi connectivity index (χ1) is 18.0. The fraction of sp³-hybridized carbons (Fsp3) is 0.286. The molecule has 4 aromatic rings. The molecule has 1 unspecified atom stereocenters. The summed E-state index contributed by atoms with van der Waals surface area (Å²) >= 11 is 0. The molecule has 0 aliphatic carbocycles. The van der Waals surface area contributed by atoms with Crippen molar-refractivity contribution in [3.63, 3.8) is 0 Å².